The average molecular weight is 522 g/mol. The van der Waals surface area contributed by atoms with E-state index in [1.165, 1.54) is 0 Å². The van der Waals surface area contributed by atoms with Crippen LogP contribution in [-0.4, -0.2) is 25.5 Å². The molecule has 0 aliphatic heterocycles. The highest BCUT2D eigenvalue weighted by Gasteiger charge is 1.72. The molecule has 0 saturated carbocycles. The van der Waals surface area contributed by atoms with Crippen molar-refractivity contribution < 1.29 is 0 Å². The van der Waals surface area contributed by atoms with Crippen molar-refractivity contribution in [3.8, 4) is 214 Å². The van der Waals surface area contributed by atoms with E-state index in [1.54, 1.807) is 6.92 Å². The van der Waals surface area contributed by atoms with Crippen LogP contribution in [0.25, 0.3) is 0 Å². The molecule has 184 valence electrons. The fraction of sp³-hybridized carbons (Fsp3) is 0.122. The smallest absolute Gasteiger partial charge is 0 e. The summed E-state index contributed by atoms with van der Waals surface area (Å²) in [5.74, 6) is 86.9. The summed E-state index contributed by atoms with van der Waals surface area (Å²) in [6.07, 6.45) is 4.93. The molecule has 0 amide bonds. The van der Waals surface area contributed by atoms with Gasteiger partial charge in [0.25, 0.3) is 0 Å². The van der Waals surface area contributed by atoms with Crippen LogP contribution in [0.5, 0.6) is 0 Å². The van der Waals surface area contributed by atoms with E-state index >= 15 is 0 Å². The molecule has 0 spiro atoms. The monoisotopic (exact) mass is 521 g/mol. The van der Waals surface area contributed by atoms with Crippen molar-refractivity contribution in [3.05, 3.63) is 0 Å². The van der Waals surface area contributed by atoms with Crippen molar-refractivity contribution in [1.82, 2.24) is 4.90 Å². The summed E-state index contributed by atoms with van der Waals surface area (Å²) in [6, 6.07) is 0. The van der Waals surface area contributed by atoms with Gasteiger partial charge >= 0.3 is 0 Å². The second-order valence-corrected chi connectivity index (χ2v) is 5.92. The number of hydrogen-bond donors (Lipinski definition) is 0. The topological polar surface area (TPSA) is 3.24 Å². The fourth-order valence-corrected chi connectivity index (χ4v) is 1.07. The molecule has 0 atom stereocenters. The summed E-state index contributed by atoms with van der Waals surface area (Å²) in [5, 5.41) is 0. The fourth-order valence-electron chi connectivity index (χ4n) is 1.07. The Morgan fingerprint density at radius 3 is 0.595 bits per heavy atom. The quantitative estimate of drug-likeness (QED) is 0.470. The summed E-state index contributed by atoms with van der Waals surface area (Å²) in [6.45, 7) is 4.95. The van der Waals surface area contributed by atoms with Crippen LogP contribution in [0.3, 0.4) is 0 Å². The first-order chi connectivity index (χ1) is 20.7. The summed E-state index contributed by atoms with van der Waals surface area (Å²) in [7, 11) is 4.11. The third-order valence-corrected chi connectivity index (χ3v) is 2.83. The molecule has 0 fully saturated rings. The van der Waals surface area contributed by atoms with Crippen molar-refractivity contribution >= 4 is 0 Å². The first-order valence-electron chi connectivity index (χ1n) is 11.2. The molecule has 1 heteroatoms. The summed E-state index contributed by atoms with van der Waals surface area (Å²) < 4.78 is 0. The van der Waals surface area contributed by atoms with E-state index in [2.05, 4.69) is 233 Å². The van der Waals surface area contributed by atoms with Crippen molar-refractivity contribution in [2.24, 2.45) is 0 Å². The Kier molecular flexibility index (Phi) is 30.3. The molecule has 0 aliphatic rings. The van der Waals surface area contributed by atoms with E-state index in [4.69, 9.17) is 6.42 Å². The lowest BCUT2D eigenvalue weighted by Gasteiger charge is -2.00. The summed E-state index contributed by atoms with van der Waals surface area (Å²) in [5.41, 5.74) is 0. The van der Waals surface area contributed by atoms with Gasteiger partial charge in [0.15, 0.2) is 0 Å². The Balaban J connectivity index is 0. The molecule has 0 aromatic heterocycles. The van der Waals surface area contributed by atoms with E-state index in [0.29, 0.717) is 0 Å². The zero-order chi connectivity index (χ0) is 31.0. The lowest BCUT2D eigenvalue weighted by Crippen LogP contribution is -2.08. The molecule has 1 nitrogen and oxygen atoms in total. The van der Waals surface area contributed by atoms with E-state index in [9.17, 15) is 0 Å². The third-order valence-electron chi connectivity index (χ3n) is 2.83. The molecule has 0 saturated heterocycles. The lowest BCUT2D eigenvalue weighted by atomic mass is 10.4. The second kappa shape index (κ2) is 35.2. The van der Waals surface area contributed by atoms with Gasteiger partial charge in [0.05, 0.1) is 0 Å². The first kappa shape index (κ1) is 36.2. The SMILES string of the molecule is C#CC#CC#CC#CC#CC#CC#CC#CC#CC#CC#CC#CC#CC#CC#CC#CC#CC#CC.CCN(C)C. The number of hydrogen-bond acceptors (Lipinski definition) is 1. The molecule has 0 aromatic carbocycles. The molecule has 0 radical (unpaired) electrons. The molecular weight excluding hydrogens is 506 g/mol. The molecule has 42 heavy (non-hydrogen) atoms. The zero-order valence-corrected chi connectivity index (χ0v) is 23.2. The van der Waals surface area contributed by atoms with Crippen molar-refractivity contribution in [3.63, 3.8) is 0 Å². The van der Waals surface area contributed by atoms with Gasteiger partial charge in [-0.15, -0.1) is 6.42 Å². The van der Waals surface area contributed by atoms with Crippen LogP contribution < -0.4 is 0 Å². The Bertz CT molecular complexity index is 2150. The number of nitrogens with zero attached hydrogens (tertiary/aromatic N) is 1. The van der Waals surface area contributed by atoms with Gasteiger partial charge in [-0.3, -0.25) is 0 Å². The molecule has 0 N–H and O–H groups in total. The highest BCUT2D eigenvalue weighted by molar-refractivity contribution is 5.49. The minimum atomic E-state index is 1.14. The van der Waals surface area contributed by atoms with Gasteiger partial charge < -0.3 is 4.90 Å². The maximum Gasteiger partial charge on any atom is 0 e. The molecule has 0 rings (SSSR count). The Hall–Kier alpha value is -7.96. The first-order valence-corrected chi connectivity index (χ1v) is 11.2. The third kappa shape index (κ3) is 39.3. The van der Waals surface area contributed by atoms with Gasteiger partial charge in [-0.05, 0) is 122 Å². The molecule has 0 aliphatic carbocycles. The van der Waals surface area contributed by atoms with Crippen LogP contribution in [0.4, 0.5) is 0 Å². The van der Waals surface area contributed by atoms with Gasteiger partial charge in [-0.2, -0.15) is 0 Å². The second-order valence-electron chi connectivity index (χ2n) is 5.92. The minimum Gasteiger partial charge on any atom is -0.310 e. The standard InChI is InChI=1S/C37H4.C4H11N/c1-3-5-7-9-11-13-15-17-19-21-23-25-27-29-31-33-35-37-36-34-32-30-28-26-24-22-20-18-16-14-12-10-8-6-4-2;1-4-5(2)3/h1H,2H3;4H2,1-3H3. The van der Waals surface area contributed by atoms with Gasteiger partial charge in [-0.25, -0.2) is 0 Å². The van der Waals surface area contributed by atoms with Crippen LogP contribution in [-0.2, 0) is 0 Å². The van der Waals surface area contributed by atoms with Gasteiger partial charge in [0.2, 0.25) is 0 Å². The normalized spacial score (nSPS) is 4.57. The summed E-state index contributed by atoms with van der Waals surface area (Å²) in [4.78, 5) is 2.12. The van der Waals surface area contributed by atoms with E-state index in [1.807, 2.05) is 0 Å². The van der Waals surface area contributed by atoms with Gasteiger partial charge in [0, 0.05) is 107 Å². The van der Waals surface area contributed by atoms with Crippen LogP contribution in [0.2, 0.25) is 0 Å². The number of rotatable bonds is 1. The molecular formula is C41H15N. The Morgan fingerprint density at radius 1 is 0.333 bits per heavy atom. The van der Waals surface area contributed by atoms with Crippen LogP contribution in [0, 0.1) is 214 Å². The predicted molar refractivity (Wildman–Crippen MR) is 171 cm³/mol. The minimum absolute atomic E-state index is 1.14. The molecule has 0 bridgehead atoms. The van der Waals surface area contributed by atoms with E-state index < -0.39 is 0 Å². The van der Waals surface area contributed by atoms with Crippen LogP contribution in [0.1, 0.15) is 13.8 Å². The molecule has 0 unspecified atom stereocenters. The summed E-state index contributed by atoms with van der Waals surface area (Å²) >= 11 is 0. The van der Waals surface area contributed by atoms with E-state index in [0.717, 1.165) is 6.54 Å². The van der Waals surface area contributed by atoms with Crippen molar-refractivity contribution in [2.45, 2.75) is 13.8 Å². The number of terminal acetylenes is 1. The predicted octanol–water partition coefficient (Wildman–Crippen LogP) is 1.27. The van der Waals surface area contributed by atoms with Crippen LogP contribution in [0.15, 0.2) is 0 Å². The Labute approximate surface area is 252 Å². The Morgan fingerprint density at radius 2 is 0.476 bits per heavy atom. The van der Waals surface area contributed by atoms with E-state index in [-0.39, 0.29) is 0 Å². The molecule has 0 aromatic rings. The van der Waals surface area contributed by atoms with Crippen LogP contribution >= 0.6 is 0 Å². The average Bonchev–Trinajstić information content (AvgIpc) is 2.99. The maximum atomic E-state index is 4.93. The maximum absolute atomic E-state index is 4.93. The largest absolute Gasteiger partial charge is 0.310 e. The lowest BCUT2D eigenvalue weighted by molar-refractivity contribution is 0.434. The van der Waals surface area contributed by atoms with Crippen molar-refractivity contribution in [2.75, 3.05) is 20.6 Å². The molecule has 0 heterocycles. The zero-order valence-electron chi connectivity index (χ0n) is 23.2. The highest BCUT2D eigenvalue weighted by atomic mass is 15.0. The van der Waals surface area contributed by atoms with Gasteiger partial charge in [0.1, 0.15) is 0 Å². The van der Waals surface area contributed by atoms with Crippen molar-refractivity contribution in [1.29, 1.82) is 0 Å². The highest BCUT2D eigenvalue weighted by Crippen LogP contribution is 1.64. The van der Waals surface area contributed by atoms with Gasteiger partial charge in [-0.1, -0.05) is 12.8 Å².